The minimum absolute atomic E-state index is 0.214. The number of rotatable bonds is 5. The van der Waals surface area contributed by atoms with Crippen LogP contribution in [0.5, 0.6) is 0 Å². The van der Waals surface area contributed by atoms with Crippen LogP contribution in [0, 0.1) is 0 Å². The van der Waals surface area contributed by atoms with Crippen molar-refractivity contribution in [2.75, 3.05) is 10.6 Å². The molecule has 1 saturated carbocycles. The van der Waals surface area contributed by atoms with E-state index in [1.165, 1.54) is 31.8 Å². The van der Waals surface area contributed by atoms with Crippen LogP contribution in [0.3, 0.4) is 0 Å². The summed E-state index contributed by atoms with van der Waals surface area (Å²) in [5.74, 6) is -0.214. The largest absolute Gasteiger partial charge is 0.382 e. The lowest BCUT2D eigenvalue weighted by Crippen LogP contribution is -2.15. The molecule has 0 radical (unpaired) electrons. The van der Waals surface area contributed by atoms with E-state index < -0.39 is 0 Å². The van der Waals surface area contributed by atoms with Crippen LogP contribution in [0.1, 0.15) is 25.7 Å². The monoisotopic (exact) mass is 307 g/mol. The first kappa shape index (κ1) is 15.3. The zero-order chi connectivity index (χ0) is 16.1. The Bertz CT molecular complexity index is 691. The predicted octanol–water partition coefficient (Wildman–Crippen LogP) is 4.23. The normalized spacial score (nSPS) is 14.4. The first-order valence-electron chi connectivity index (χ1n) is 8.01. The van der Waals surface area contributed by atoms with E-state index in [2.05, 4.69) is 22.2 Å². The second-order valence-corrected chi connectivity index (χ2v) is 5.79. The molecule has 0 atom stereocenters. The predicted molar refractivity (Wildman–Crippen MR) is 94.4 cm³/mol. The first-order valence-corrected chi connectivity index (χ1v) is 8.01. The summed E-state index contributed by atoms with van der Waals surface area (Å²) in [6.45, 7) is 3.49. The highest BCUT2D eigenvalue weighted by atomic mass is 16.1. The van der Waals surface area contributed by atoms with Gasteiger partial charge in [0, 0.05) is 29.2 Å². The van der Waals surface area contributed by atoms with E-state index in [9.17, 15) is 4.79 Å². The number of nitrogens with one attached hydrogen (secondary N) is 2. The van der Waals surface area contributed by atoms with Crippen molar-refractivity contribution in [2.24, 2.45) is 0 Å². The third-order valence-corrected chi connectivity index (χ3v) is 4.13. The van der Waals surface area contributed by atoms with Crippen molar-refractivity contribution in [1.29, 1.82) is 0 Å². The smallest absolute Gasteiger partial charge is 0.247 e. The number of nitrogens with zero attached hydrogens (tertiary/aromatic N) is 1. The van der Waals surface area contributed by atoms with Gasteiger partial charge in [-0.3, -0.25) is 9.78 Å². The topological polar surface area (TPSA) is 54.0 Å². The summed E-state index contributed by atoms with van der Waals surface area (Å²) in [6.07, 6.45) is 8.02. The van der Waals surface area contributed by atoms with Crippen LogP contribution in [0.15, 0.2) is 55.3 Å². The fraction of sp³-hybridized carbons (Fsp3) is 0.263. The molecule has 1 aromatic carbocycles. The molecule has 23 heavy (non-hydrogen) atoms. The molecular formula is C19H21N3O. The lowest BCUT2D eigenvalue weighted by Gasteiger charge is -2.18. The summed E-state index contributed by atoms with van der Waals surface area (Å²) in [7, 11) is 0. The summed E-state index contributed by atoms with van der Waals surface area (Å²) in [6, 6.07) is 12.3. The zero-order valence-electron chi connectivity index (χ0n) is 13.1. The summed E-state index contributed by atoms with van der Waals surface area (Å²) in [4.78, 5) is 16.0. The van der Waals surface area contributed by atoms with Crippen LogP contribution >= 0.6 is 0 Å². The van der Waals surface area contributed by atoms with E-state index >= 15 is 0 Å². The van der Waals surface area contributed by atoms with Crippen molar-refractivity contribution < 1.29 is 4.79 Å². The number of aromatic nitrogens is 1. The van der Waals surface area contributed by atoms with Crippen molar-refractivity contribution in [3.05, 3.63) is 55.3 Å². The molecule has 2 N–H and O–H groups in total. The fourth-order valence-corrected chi connectivity index (χ4v) is 2.97. The second-order valence-electron chi connectivity index (χ2n) is 5.79. The van der Waals surface area contributed by atoms with Gasteiger partial charge in [0.2, 0.25) is 5.91 Å². The molecule has 0 saturated heterocycles. The lowest BCUT2D eigenvalue weighted by molar-refractivity contribution is -0.111. The highest BCUT2D eigenvalue weighted by molar-refractivity contribution is 5.99. The number of carbonyl (C=O) groups is 1. The maximum Gasteiger partial charge on any atom is 0.247 e. The number of carbonyl (C=O) groups excluding carboxylic acids is 1. The van der Waals surface area contributed by atoms with Gasteiger partial charge in [0.25, 0.3) is 0 Å². The summed E-state index contributed by atoms with van der Waals surface area (Å²) >= 11 is 0. The number of hydrogen-bond donors (Lipinski definition) is 2. The summed E-state index contributed by atoms with van der Waals surface area (Å²) < 4.78 is 0. The Labute approximate surface area is 136 Å². The summed E-state index contributed by atoms with van der Waals surface area (Å²) in [5.41, 5.74) is 3.70. The zero-order valence-corrected chi connectivity index (χ0v) is 13.1. The number of amides is 1. The van der Waals surface area contributed by atoms with E-state index in [0.717, 1.165) is 22.6 Å². The van der Waals surface area contributed by atoms with Crippen molar-refractivity contribution in [3.8, 4) is 11.3 Å². The number of anilines is 2. The number of pyridine rings is 1. The van der Waals surface area contributed by atoms with Crippen molar-refractivity contribution in [3.63, 3.8) is 0 Å². The minimum atomic E-state index is -0.214. The van der Waals surface area contributed by atoms with Crippen molar-refractivity contribution in [1.82, 2.24) is 4.98 Å². The van der Waals surface area contributed by atoms with E-state index in [0.29, 0.717) is 6.04 Å². The van der Waals surface area contributed by atoms with Gasteiger partial charge in [-0.05, 0) is 49.2 Å². The van der Waals surface area contributed by atoms with Crippen LogP contribution in [0.25, 0.3) is 11.3 Å². The SMILES string of the molecule is C=CC(=O)Nc1ccc(NC2CCCC2)c(-c2ccccn2)c1. The van der Waals surface area contributed by atoms with E-state index in [1.54, 1.807) is 6.20 Å². The molecule has 0 unspecified atom stereocenters. The summed E-state index contributed by atoms with van der Waals surface area (Å²) in [5, 5.41) is 6.44. The van der Waals surface area contributed by atoms with E-state index in [1.807, 2.05) is 36.4 Å². The molecule has 2 aromatic rings. The van der Waals surface area contributed by atoms with Crippen LogP contribution in [0.2, 0.25) is 0 Å². The minimum Gasteiger partial charge on any atom is -0.382 e. The van der Waals surface area contributed by atoms with Gasteiger partial charge in [-0.25, -0.2) is 0 Å². The molecule has 4 heteroatoms. The molecule has 1 amide bonds. The Hall–Kier alpha value is -2.62. The molecule has 1 aliphatic rings. The molecule has 1 fully saturated rings. The first-order chi connectivity index (χ1) is 11.3. The van der Waals surface area contributed by atoms with E-state index in [4.69, 9.17) is 0 Å². The molecule has 0 spiro atoms. The molecule has 118 valence electrons. The molecule has 0 bridgehead atoms. The quantitative estimate of drug-likeness (QED) is 0.813. The van der Waals surface area contributed by atoms with Gasteiger partial charge in [0.05, 0.1) is 5.69 Å². The van der Waals surface area contributed by atoms with Crippen LogP contribution in [-0.4, -0.2) is 16.9 Å². The van der Waals surface area contributed by atoms with E-state index in [-0.39, 0.29) is 5.91 Å². The molecule has 1 aromatic heterocycles. The van der Waals surface area contributed by atoms with Crippen LogP contribution in [-0.2, 0) is 4.79 Å². The third kappa shape index (κ3) is 3.77. The maximum atomic E-state index is 11.5. The van der Waals surface area contributed by atoms with Gasteiger partial charge in [-0.15, -0.1) is 0 Å². The third-order valence-electron chi connectivity index (χ3n) is 4.13. The molecule has 4 nitrogen and oxygen atoms in total. The second kappa shape index (κ2) is 7.09. The highest BCUT2D eigenvalue weighted by Crippen LogP contribution is 2.32. The average Bonchev–Trinajstić information content (AvgIpc) is 3.10. The Kier molecular flexibility index (Phi) is 4.71. The molecule has 0 aliphatic heterocycles. The van der Waals surface area contributed by atoms with Crippen molar-refractivity contribution in [2.45, 2.75) is 31.7 Å². The highest BCUT2D eigenvalue weighted by Gasteiger charge is 2.17. The van der Waals surface area contributed by atoms with Crippen LogP contribution < -0.4 is 10.6 Å². The Balaban J connectivity index is 1.93. The Morgan fingerprint density at radius 2 is 2.04 bits per heavy atom. The van der Waals surface area contributed by atoms with Gasteiger partial charge in [0.15, 0.2) is 0 Å². The van der Waals surface area contributed by atoms with Gasteiger partial charge in [-0.1, -0.05) is 25.5 Å². The number of benzene rings is 1. The van der Waals surface area contributed by atoms with Gasteiger partial charge < -0.3 is 10.6 Å². The van der Waals surface area contributed by atoms with Gasteiger partial charge in [0.1, 0.15) is 0 Å². The molecular weight excluding hydrogens is 286 g/mol. The number of hydrogen-bond acceptors (Lipinski definition) is 3. The Morgan fingerprint density at radius 1 is 1.22 bits per heavy atom. The lowest BCUT2D eigenvalue weighted by atomic mass is 10.1. The maximum absolute atomic E-state index is 11.5. The molecule has 3 rings (SSSR count). The van der Waals surface area contributed by atoms with Crippen LogP contribution in [0.4, 0.5) is 11.4 Å². The fourth-order valence-electron chi connectivity index (χ4n) is 2.97. The van der Waals surface area contributed by atoms with Gasteiger partial charge >= 0.3 is 0 Å². The average molecular weight is 307 g/mol. The Morgan fingerprint density at radius 3 is 2.74 bits per heavy atom. The standard InChI is InChI=1S/C19H21N3O/c1-2-19(23)22-15-10-11-18(21-14-7-3-4-8-14)16(13-15)17-9-5-6-12-20-17/h2,5-6,9-14,21H,1,3-4,7-8H2,(H,22,23). The molecule has 1 aliphatic carbocycles. The molecule has 1 heterocycles. The van der Waals surface area contributed by atoms with Crippen molar-refractivity contribution >= 4 is 17.3 Å². The van der Waals surface area contributed by atoms with Gasteiger partial charge in [-0.2, -0.15) is 0 Å².